The number of fused-ring (bicyclic) bond motifs is 2. The molecule has 3 aromatic rings. The number of anilines is 2. The van der Waals surface area contributed by atoms with Crippen LogP contribution in [0.4, 0.5) is 11.4 Å². The number of nitrogens with one attached hydrogen (secondary N) is 1. The van der Waals surface area contributed by atoms with Crippen LogP contribution in [0.2, 0.25) is 0 Å². The Balaban J connectivity index is 2.15. The van der Waals surface area contributed by atoms with Gasteiger partial charge in [-0.15, -0.1) is 0 Å². The van der Waals surface area contributed by atoms with Crippen LogP contribution in [0.3, 0.4) is 0 Å². The third-order valence-electron chi connectivity index (χ3n) is 4.66. The van der Waals surface area contributed by atoms with E-state index < -0.39 is 45.0 Å². The fourth-order valence-corrected chi connectivity index (χ4v) is 6.80. The van der Waals surface area contributed by atoms with E-state index in [1.807, 2.05) is 0 Å². The minimum absolute atomic E-state index is 0.0602. The van der Waals surface area contributed by atoms with Crippen molar-refractivity contribution in [1.82, 2.24) is 0 Å². The van der Waals surface area contributed by atoms with Crippen molar-refractivity contribution >= 4 is 62.4 Å². The lowest BCUT2D eigenvalue weighted by Crippen LogP contribution is -2.25. The van der Waals surface area contributed by atoms with Crippen LogP contribution in [0.15, 0.2) is 70.5 Å². The molecule has 3 aromatic carbocycles. The van der Waals surface area contributed by atoms with Gasteiger partial charge in [0, 0.05) is 43.7 Å². The summed E-state index contributed by atoms with van der Waals surface area (Å²) < 4.78 is 49.9. The lowest BCUT2D eigenvalue weighted by molar-refractivity contribution is 0.0976. The van der Waals surface area contributed by atoms with E-state index in [1.165, 1.54) is 18.2 Å². The first-order chi connectivity index (χ1) is 14.5. The largest absolute Gasteiger partial charge is 0.354 e. The average molecular weight is 496 g/mol. The molecule has 158 valence electrons. The molecule has 0 spiro atoms. The summed E-state index contributed by atoms with van der Waals surface area (Å²) in [6.45, 7) is 0. The molecule has 0 radical (unpaired) electrons. The molecule has 0 bridgehead atoms. The smallest absolute Gasteiger partial charge is 0.264 e. The Bertz CT molecular complexity index is 1480. The first-order valence-electron chi connectivity index (χ1n) is 8.61. The van der Waals surface area contributed by atoms with Crippen molar-refractivity contribution in [2.45, 2.75) is 9.79 Å². The Labute approximate surface area is 186 Å². The van der Waals surface area contributed by atoms with Crippen molar-refractivity contribution in [3.8, 4) is 0 Å². The average Bonchev–Trinajstić information content (AvgIpc) is 2.70. The maximum Gasteiger partial charge on any atom is 0.264 e. The molecule has 0 unspecified atom stereocenters. The Morgan fingerprint density at radius 3 is 1.71 bits per heavy atom. The second kappa shape index (κ2) is 7.45. The van der Waals surface area contributed by atoms with Crippen LogP contribution in [-0.4, -0.2) is 28.4 Å². The van der Waals surface area contributed by atoms with E-state index in [0.717, 1.165) is 6.07 Å². The molecule has 0 atom stereocenters. The van der Waals surface area contributed by atoms with Crippen molar-refractivity contribution in [3.63, 3.8) is 0 Å². The van der Waals surface area contributed by atoms with Crippen molar-refractivity contribution in [2.75, 3.05) is 5.32 Å². The van der Waals surface area contributed by atoms with E-state index in [0.29, 0.717) is 5.69 Å². The minimum Gasteiger partial charge on any atom is -0.354 e. The highest BCUT2D eigenvalue weighted by Gasteiger charge is 2.40. The topological polar surface area (TPSA) is 114 Å². The van der Waals surface area contributed by atoms with E-state index in [9.17, 15) is 26.4 Å². The SMILES string of the molecule is O=C1c2ccccc2C(=O)c2c1cc(Nc1ccccc1)c(S(=O)(=O)Cl)c2S(=O)(=O)Cl. The van der Waals surface area contributed by atoms with Gasteiger partial charge in [-0.2, -0.15) is 0 Å². The fourth-order valence-electron chi connectivity index (χ4n) is 3.45. The van der Waals surface area contributed by atoms with Gasteiger partial charge in [-0.05, 0) is 18.2 Å². The zero-order chi connectivity index (χ0) is 22.6. The van der Waals surface area contributed by atoms with Crippen molar-refractivity contribution in [3.05, 3.63) is 82.9 Å². The van der Waals surface area contributed by atoms with Crippen LogP contribution in [0, 0.1) is 0 Å². The van der Waals surface area contributed by atoms with Gasteiger partial charge in [-0.25, -0.2) is 16.8 Å². The third-order valence-corrected chi connectivity index (χ3v) is 7.53. The van der Waals surface area contributed by atoms with Crippen LogP contribution in [0.1, 0.15) is 31.8 Å². The Kier molecular flexibility index (Phi) is 5.17. The van der Waals surface area contributed by atoms with Crippen molar-refractivity contribution in [1.29, 1.82) is 0 Å². The van der Waals surface area contributed by atoms with E-state index in [4.69, 9.17) is 21.4 Å². The number of hydrogen-bond donors (Lipinski definition) is 1. The Morgan fingerprint density at radius 2 is 1.16 bits per heavy atom. The Hall–Kier alpha value is -2.72. The maximum atomic E-state index is 13.1. The van der Waals surface area contributed by atoms with Crippen LogP contribution in [0.5, 0.6) is 0 Å². The van der Waals surface area contributed by atoms with Crippen molar-refractivity contribution in [2.24, 2.45) is 0 Å². The van der Waals surface area contributed by atoms with E-state index in [-0.39, 0.29) is 22.4 Å². The molecule has 0 fully saturated rings. The molecule has 1 aliphatic carbocycles. The molecule has 0 aromatic heterocycles. The summed E-state index contributed by atoms with van der Waals surface area (Å²) in [6, 6.07) is 15.1. The summed E-state index contributed by atoms with van der Waals surface area (Å²) in [5.74, 6) is -1.50. The van der Waals surface area contributed by atoms with Gasteiger partial charge in [0.2, 0.25) is 0 Å². The standard InChI is InChI=1S/C20H11Cl2NO6S2/c21-30(26,27)19-15(23-11-6-2-1-3-7-11)10-14-16(20(19)31(22,28)29)18(25)13-9-5-4-8-12(13)17(14)24/h1-10,23H. The monoisotopic (exact) mass is 495 g/mol. The van der Waals surface area contributed by atoms with Gasteiger partial charge in [-0.3, -0.25) is 9.59 Å². The maximum absolute atomic E-state index is 13.1. The second-order valence-corrected chi connectivity index (χ2v) is 11.6. The van der Waals surface area contributed by atoms with Gasteiger partial charge in [0.15, 0.2) is 11.6 Å². The molecule has 31 heavy (non-hydrogen) atoms. The van der Waals surface area contributed by atoms with Crippen LogP contribution < -0.4 is 5.32 Å². The number of ketones is 2. The molecule has 0 heterocycles. The van der Waals surface area contributed by atoms with E-state index in [1.54, 1.807) is 36.4 Å². The number of para-hydroxylation sites is 1. The fraction of sp³-hybridized carbons (Fsp3) is 0. The summed E-state index contributed by atoms with van der Waals surface area (Å²) in [6.07, 6.45) is 0. The molecule has 11 heteroatoms. The number of halogens is 2. The first kappa shape index (κ1) is 21.5. The molecular weight excluding hydrogens is 485 g/mol. The normalized spacial score (nSPS) is 13.5. The highest BCUT2D eigenvalue weighted by Crippen LogP contribution is 2.42. The lowest BCUT2D eigenvalue weighted by atomic mass is 9.84. The zero-order valence-electron chi connectivity index (χ0n) is 15.3. The number of benzene rings is 3. The predicted octanol–water partition coefficient (Wildman–Crippen LogP) is 4.06. The summed E-state index contributed by atoms with van der Waals surface area (Å²) in [7, 11) is 1.59. The molecule has 1 aliphatic rings. The number of hydrogen-bond acceptors (Lipinski definition) is 7. The molecular formula is C20H11Cl2NO6S2. The molecule has 1 N–H and O–H groups in total. The predicted molar refractivity (Wildman–Crippen MR) is 116 cm³/mol. The second-order valence-electron chi connectivity index (χ2n) is 6.58. The minimum atomic E-state index is -4.84. The van der Waals surface area contributed by atoms with E-state index >= 15 is 0 Å². The molecule has 0 saturated carbocycles. The van der Waals surface area contributed by atoms with Crippen LogP contribution in [-0.2, 0) is 18.1 Å². The first-order valence-corrected chi connectivity index (χ1v) is 13.2. The van der Waals surface area contributed by atoms with Gasteiger partial charge < -0.3 is 5.32 Å². The Morgan fingerprint density at radius 1 is 0.645 bits per heavy atom. The molecule has 4 rings (SSSR count). The van der Waals surface area contributed by atoms with Gasteiger partial charge in [-0.1, -0.05) is 42.5 Å². The van der Waals surface area contributed by atoms with Gasteiger partial charge in [0.25, 0.3) is 18.1 Å². The van der Waals surface area contributed by atoms with Gasteiger partial charge >= 0.3 is 0 Å². The zero-order valence-corrected chi connectivity index (χ0v) is 18.4. The number of carbonyl (C=O) groups excluding carboxylic acids is 2. The highest BCUT2D eigenvalue weighted by atomic mass is 35.7. The molecule has 7 nitrogen and oxygen atoms in total. The van der Waals surface area contributed by atoms with Crippen LogP contribution >= 0.6 is 21.4 Å². The van der Waals surface area contributed by atoms with Crippen molar-refractivity contribution < 1.29 is 26.4 Å². The molecule has 0 aliphatic heterocycles. The van der Waals surface area contributed by atoms with E-state index in [2.05, 4.69) is 5.32 Å². The molecule has 0 amide bonds. The number of carbonyl (C=O) groups is 2. The summed E-state index contributed by atoms with van der Waals surface area (Å²) in [5.41, 5.74) is -0.855. The highest BCUT2D eigenvalue weighted by molar-refractivity contribution is 8.16. The summed E-state index contributed by atoms with van der Waals surface area (Å²) in [4.78, 5) is 24.3. The van der Waals surface area contributed by atoms with Crippen LogP contribution in [0.25, 0.3) is 0 Å². The summed E-state index contributed by atoms with van der Waals surface area (Å²) in [5, 5.41) is 2.75. The lowest BCUT2D eigenvalue weighted by Gasteiger charge is -2.23. The molecule has 0 saturated heterocycles. The quantitative estimate of drug-likeness (QED) is 0.424. The summed E-state index contributed by atoms with van der Waals surface area (Å²) >= 11 is 0. The number of rotatable bonds is 4. The van der Waals surface area contributed by atoms with Gasteiger partial charge in [0.05, 0.1) is 11.3 Å². The third kappa shape index (κ3) is 3.74. The van der Waals surface area contributed by atoms with Gasteiger partial charge in [0.1, 0.15) is 9.79 Å².